The molecule has 0 bridgehead atoms. The van der Waals surface area contributed by atoms with E-state index in [4.69, 9.17) is 11.6 Å². The molecule has 21 heavy (non-hydrogen) atoms. The van der Waals surface area contributed by atoms with Gasteiger partial charge in [-0.2, -0.15) is 0 Å². The van der Waals surface area contributed by atoms with Crippen molar-refractivity contribution in [3.63, 3.8) is 0 Å². The predicted molar refractivity (Wildman–Crippen MR) is 72.8 cm³/mol. The first-order chi connectivity index (χ1) is 9.88. The molecular weight excluding hydrogens is 303 g/mol. The number of rotatable bonds is 3. The second-order valence-corrected chi connectivity index (χ2v) is 4.38. The molecule has 1 heterocycles. The van der Waals surface area contributed by atoms with Gasteiger partial charge < -0.3 is 5.32 Å². The highest BCUT2D eigenvalue weighted by atomic mass is 35.5. The van der Waals surface area contributed by atoms with Crippen molar-refractivity contribution in [2.24, 2.45) is 0 Å². The van der Waals surface area contributed by atoms with E-state index >= 15 is 0 Å². The van der Waals surface area contributed by atoms with Crippen LogP contribution in [0.1, 0.15) is 15.9 Å². The second-order valence-electron chi connectivity index (χ2n) is 4.05. The van der Waals surface area contributed by atoms with E-state index in [1.54, 1.807) is 0 Å². The average molecular weight is 311 g/mol. The maximum absolute atomic E-state index is 13.9. The lowest BCUT2D eigenvalue weighted by Crippen LogP contribution is -2.16. The Labute approximate surface area is 122 Å². The van der Waals surface area contributed by atoms with E-state index in [0.29, 0.717) is 0 Å². The maximum atomic E-state index is 13.9. The number of carbonyl (C=O) groups is 1. The first-order valence-electron chi connectivity index (χ1n) is 5.63. The number of benzene rings is 1. The molecule has 0 unspecified atom stereocenters. The van der Waals surface area contributed by atoms with E-state index in [1.807, 2.05) is 0 Å². The summed E-state index contributed by atoms with van der Waals surface area (Å²) >= 11 is 5.56. The number of nitro benzene ring substituents is 1. The number of amides is 1. The van der Waals surface area contributed by atoms with Crippen molar-refractivity contribution < 1.29 is 14.1 Å². The van der Waals surface area contributed by atoms with Crippen LogP contribution in [0.2, 0.25) is 5.28 Å². The zero-order chi connectivity index (χ0) is 15.6. The number of anilines is 1. The summed E-state index contributed by atoms with van der Waals surface area (Å²) in [6.45, 7) is 1.33. The van der Waals surface area contributed by atoms with Crippen molar-refractivity contribution in [2.45, 2.75) is 6.92 Å². The number of nitro groups is 1. The molecule has 1 aromatic heterocycles. The van der Waals surface area contributed by atoms with Crippen molar-refractivity contribution >= 4 is 29.0 Å². The first-order valence-corrected chi connectivity index (χ1v) is 6.00. The Morgan fingerprint density at radius 2 is 2.19 bits per heavy atom. The number of aryl methyl sites for hydroxylation is 1. The number of non-ortho nitro benzene ring substituents is 1. The van der Waals surface area contributed by atoms with E-state index < -0.39 is 22.2 Å². The van der Waals surface area contributed by atoms with Gasteiger partial charge in [0.05, 0.1) is 10.5 Å². The van der Waals surface area contributed by atoms with Gasteiger partial charge in [0.2, 0.25) is 5.28 Å². The molecule has 0 aliphatic heterocycles. The molecule has 0 spiro atoms. The molecule has 7 nitrogen and oxygen atoms in total. The molecule has 1 amide bonds. The fraction of sp³-hybridized carbons (Fsp3) is 0.0833. The van der Waals surface area contributed by atoms with Crippen LogP contribution in [0.5, 0.6) is 0 Å². The van der Waals surface area contributed by atoms with Gasteiger partial charge in [-0.3, -0.25) is 14.9 Å². The molecule has 9 heteroatoms. The van der Waals surface area contributed by atoms with Crippen molar-refractivity contribution in [3.8, 4) is 0 Å². The molecule has 0 saturated carbocycles. The van der Waals surface area contributed by atoms with Crippen molar-refractivity contribution in [1.82, 2.24) is 9.97 Å². The molecule has 0 aliphatic carbocycles. The lowest BCUT2D eigenvalue weighted by atomic mass is 10.1. The van der Waals surface area contributed by atoms with Gasteiger partial charge in [-0.25, -0.2) is 14.4 Å². The fourth-order valence-corrected chi connectivity index (χ4v) is 1.76. The van der Waals surface area contributed by atoms with Gasteiger partial charge in [0.25, 0.3) is 11.6 Å². The molecule has 1 N–H and O–H groups in total. The summed E-state index contributed by atoms with van der Waals surface area (Å²) in [5, 5.41) is 13.0. The highest BCUT2D eigenvalue weighted by molar-refractivity contribution is 6.28. The zero-order valence-corrected chi connectivity index (χ0v) is 11.4. The Bertz CT molecular complexity index is 738. The smallest absolute Gasteiger partial charge is 0.270 e. The first kappa shape index (κ1) is 14.8. The number of hydrogen-bond donors (Lipinski definition) is 1. The molecule has 0 saturated heterocycles. The molecule has 2 rings (SSSR count). The zero-order valence-electron chi connectivity index (χ0n) is 10.6. The van der Waals surface area contributed by atoms with Crippen LogP contribution in [0.25, 0.3) is 0 Å². The Morgan fingerprint density at radius 3 is 2.81 bits per heavy atom. The number of nitrogens with zero attached hydrogens (tertiary/aromatic N) is 3. The van der Waals surface area contributed by atoms with Crippen LogP contribution < -0.4 is 5.32 Å². The summed E-state index contributed by atoms with van der Waals surface area (Å²) < 4.78 is 13.9. The van der Waals surface area contributed by atoms with Crippen LogP contribution in [0.4, 0.5) is 15.9 Å². The summed E-state index contributed by atoms with van der Waals surface area (Å²) in [5.41, 5.74) is -0.828. The van der Waals surface area contributed by atoms with Crippen LogP contribution in [0.15, 0.2) is 24.4 Å². The molecule has 2 aromatic rings. The number of nitrogens with one attached hydrogen (secondary N) is 1. The third kappa shape index (κ3) is 3.29. The van der Waals surface area contributed by atoms with Crippen LogP contribution >= 0.6 is 11.6 Å². The monoisotopic (exact) mass is 310 g/mol. The van der Waals surface area contributed by atoms with Gasteiger partial charge >= 0.3 is 0 Å². The Balaban J connectivity index is 2.37. The molecule has 1 aromatic carbocycles. The minimum atomic E-state index is -0.867. The van der Waals surface area contributed by atoms with Crippen LogP contribution in [-0.4, -0.2) is 20.8 Å². The molecule has 0 radical (unpaired) electrons. The Hall–Kier alpha value is -2.61. The number of hydrogen-bond acceptors (Lipinski definition) is 5. The van der Waals surface area contributed by atoms with Gasteiger partial charge in [-0.15, -0.1) is 0 Å². The summed E-state index contributed by atoms with van der Waals surface area (Å²) in [6, 6.07) is 3.26. The van der Waals surface area contributed by atoms with Crippen LogP contribution in [0, 0.1) is 22.9 Å². The van der Waals surface area contributed by atoms with Crippen LogP contribution in [-0.2, 0) is 0 Å². The minimum absolute atomic E-state index is 0.00456. The van der Waals surface area contributed by atoms with E-state index in [9.17, 15) is 19.3 Å². The van der Waals surface area contributed by atoms with Crippen molar-refractivity contribution in [3.05, 3.63) is 56.7 Å². The largest absolute Gasteiger partial charge is 0.306 e. The van der Waals surface area contributed by atoms with E-state index in [0.717, 1.165) is 12.1 Å². The summed E-state index contributed by atoms with van der Waals surface area (Å²) in [5.74, 6) is -1.64. The quantitative estimate of drug-likeness (QED) is 0.534. The summed E-state index contributed by atoms with van der Waals surface area (Å²) in [6.07, 6.45) is 1.31. The van der Waals surface area contributed by atoms with Gasteiger partial charge in [0.1, 0.15) is 11.6 Å². The van der Waals surface area contributed by atoms with Gasteiger partial charge in [0, 0.05) is 18.3 Å². The standard InChI is InChI=1S/C12H8ClFN4O3/c1-6-4-7(18(20)21)5-8(10(6)14)11(19)16-9-2-3-15-12(13)17-9/h2-5H,1H3,(H,15,16,17,19). The van der Waals surface area contributed by atoms with Crippen LogP contribution in [0.3, 0.4) is 0 Å². The summed E-state index contributed by atoms with van der Waals surface area (Å²) in [4.78, 5) is 29.4. The number of halogens is 2. The maximum Gasteiger partial charge on any atom is 0.270 e. The molecule has 108 valence electrons. The number of carbonyl (C=O) groups excluding carboxylic acids is 1. The average Bonchev–Trinajstić information content (AvgIpc) is 2.41. The third-order valence-electron chi connectivity index (χ3n) is 2.56. The Kier molecular flexibility index (Phi) is 4.08. The van der Waals surface area contributed by atoms with E-state index in [-0.39, 0.29) is 22.4 Å². The minimum Gasteiger partial charge on any atom is -0.306 e. The lowest BCUT2D eigenvalue weighted by molar-refractivity contribution is -0.385. The van der Waals surface area contributed by atoms with E-state index in [1.165, 1.54) is 19.2 Å². The predicted octanol–water partition coefficient (Wildman–Crippen LogP) is 2.74. The molecular formula is C12H8ClFN4O3. The lowest BCUT2D eigenvalue weighted by Gasteiger charge is -2.07. The normalized spacial score (nSPS) is 10.2. The summed E-state index contributed by atoms with van der Waals surface area (Å²) in [7, 11) is 0. The SMILES string of the molecule is Cc1cc([N+](=O)[O-])cc(C(=O)Nc2ccnc(Cl)n2)c1F. The van der Waals surface area contributed by atoms with Gasteiger partial charge in [0.15, 0.2) is 0 Å². The topological polar surface area (TPSA) is 98.0 Å². The molecule has 0 fully saturated rings. The highest BCUT2D eigenvalue weighted by Crippen LogP contribution is 2.22. The fourth-order valence-electron chi connectivity index (χ4n) is 1.61. The highest BCUT2D eigenvalue weighted by Gasteiger charge is 2.20. The van der Waals surface area contributed by atoms with Crippen molar-refractivity contribution in [1.29, 1.82) is 0 Å². The van der Waals surface area contributed by atoms with Gasteiger partial charge in [-0.1, -0.05) is 0 Å². The molecule has 0 aliphatic rings. The molecule has 0 atom stereocenters. The van der Waals surface area contributed by atoms with Gasteiger partial charge in [-0.05, 0) is 30.2 Å². The third-order valence-corrected chi connectivity index (χ3v) is 2.74. The Morgan fingerprint density at radius 1 is 1.48 bits per heavy atom. The van der Waals surface area contributed by atoms with Crippen molar-refractivity contribution in [2.75, 3.05) is 5.32 Å². The second kappa shape index (κ2) is 5.80. The number of aromatic nitrogens is 2. The van der Waals surface area contributed by atoms with E-state index in [2.05, 4.69) is 15.3 Å².